The highest BCUT2D eigenvalue weighted by Gasteiger charge is 2.26. The minimum Gasteiger partial charge on any atom is -0.493 e. The third-order valence-corrected chi connectivity index (χ3v) is 6.99. The molecule has 184 valence electrons. The van der Waals surface area contributed by atoms with Gasteiger partial charge in [-0.25, -0.2) is 4.98 Å². The van der Waals surface area contributed by atoms with Gasteiger partial charge in [0.1, 0.15) is 5.76 Å². The Balaban J connectivity index is 1.27. The van der Waals surface area contributed by atoms with E-state index in [1.807, 2.05) is 25.1 Å². The summed E-state index contributed by atoms with van der Waals surface area (Å²) in [6, 6.07) is 5.66. The fourth-order valence-corrected chi connectivity index (χ4v) is 4.85. The molecule has 1 aliphatic heterocycles. The van der Waals surface area contributed by atoms with Crippen LogP contribution in [-0.4, -0.2) is 49.6 Å². The molecule has 0 unspecified atom stereocenters. The van der Waals surface area contributed by atoms with E-state index in [2.05, 4.69) is 16.3 Å². The van der Waals surface area contributed by atoms with Crippen LogP contribution < -0.4 is 14.8 Å². The van der Waals surface area contributed by atoms with E-state index in [4.69, 9.17) is 18.9 Å². The van der Waals surface area contributed by atoms with Crippen molar-refractivity contribution >= 4 is 5.91 Å². The topological polar surface area (TPSA) is 76.8 Å². The molecule has 1 aromatic heterocycles. The summed E-state index contributed by atoms with van der Waals surface area (Å²) in [4.78, 5) is 19.7. The number of methoxy groups -OCH3 is 2. The molecule has 1 amide bonds. The van der Waals surface area contributed by atoms with Crippen LogP contribution in [-0.2, 0) is 11.3 Å². The van der Waals surface area contributed by atoms with Gasteiger partial charge in [0.2, 0.25) is 11.8 Å². The van der Waals surface area contributed by atoms with Crippen molar-refractivity contribution in [2.75, 3.05) is 33.9 Å². The largest absolute Gasteiger partial charge is 0.493 e. The summed E-state index contributed by atoms with van der Waals surface area (Å²) in [5.41, 5.74) is 3.30. The molecule has 1 saturated heterocycles. The molecular weight excluding hydrogens is 430 g/mol. The smallest absolute Gasteiger partial charge is 0.226 e. The van der Waals surface area contributed by atoms with Crippen molar-refractivity contribution in [1.82, 2.24) is 15.2 Å². The first-order valence-corrected chi connectivity index (χ1v) is 12.4. The van der Waals surface area contributed by atoms with Crippen molar-refractivity contribution in [3.63, 3.8) is 0 Å². The molecular formula is C27H37N3O4. The summed E-state index contributed by atoms with van der Waals surface area (Å²) in [7, 11) is 3.24. The maximum absolute atomic E-state index is 12.6. The van der Waals surface area contributed by atoms with Crippen molar-refractivity contribution < 1.29 is 18.7 Å². The number of amides is 1. The van der Waals surface area contributed by atoms with Gasteiger partial charge in [-0.3, -0.25) is 9.69 Å². The monoisotopic (exact) mass is 467 g/mol. The highest BCUT2D eigenvalue weighted by molar-refractivity contribution is 5.78. The molecule has 1 fully saturated rings. The van der Waals surface area contributed by atoms with E-state index in [1.54, 1.807) is 14.2 Å². The lowest BCUT2D eigenvalue weighted by atomic mass is 9.95. The highest BCUT2D eigenvalue weighted by Crippen LogP contribution is 2.33. The Morgan fingerprint density at radius 3 is 2.68 bits per heavy atom. The molecule has 4 rings (SSSR count). The number of carbonyl (C=O) groups excluding carboxylic acids is 1. The molecule has 2 aromatic rings. The maximum atomic E-state index is 12.6. The number of hydrogen-bond donors (Lipinski definition) is 1. The number of hydrogen-bond acceptors (Lipinski definition) is 6. The lowest BCUT2D eigenvalue weighted by molar-refractivity contribution is -0.126. The van der Waals surface area contributed by atoms with Crippen LogP contribution in [0, 0.1) is 12.8 Å². The normalized spacial score (nSPS) is 17.3. The van der Waals surface area contributed by atoms with E-state index in [0.717, 1.165) is 62.5 Å². The molecule has 0 atom stereocenters. The van der Waals surface area contributed by atoms with E-state index < -0.39 is 0 Å². The number of ether oxygens (including phenoxy) is 2. The Morgan fingerprint density at radius 1 is 1.18 bits per heavy atom. The van der Waals surface area contributed by atoms with Gasteiger partial charge in [0.15, 0.2) is 11.5 Å². The van der Waals surface area contributed by atoms with Gasteiger partial charge in [-0.2, -0.15) is 0 Å². The zero-order valence-corrected chi connectivity index (χ0v) is 20.7. The van der Waals surface area contributed by atoms with E-state index in [0.29, 0.717) is 17.4 Å². The molecule has 1 aliphatic carbocycles. The number of nitrogens with zero attached hydrogens (tertiary/aromatic N) is 2. The summed E-state index contributed by atoms with van der Waals surface area (Å²) in [6.07, 6.45) is 10.1. The molecule has 0 spiro atoms. The van der Waals surface area contributed by atoms with E-state index >= 15 is 0 Å². The minimum absolute atomic E-state index is 0.109. The van der Waals surface area contributed by atoms with E-state index in [-0.39, 0.29) is 11.8 Å². The lowest BCUT2D eigenvalue weighted by Crippen LogP contribution is -2.40. The highest BCUT2D eigenvalue weighted by atomic mass is 16.5. The first kappa shape index (κ1) is 24.3. The number of oxazole rings is 1. The zero-order chi connectivity index (χ0) is 23.9. The molecule has 0 bridgehead atoms. The number of rotatable bonds is 9. The molecule has 2 aliphatic rings. The number of likely N-dealkylation sites (tertiary alicyclic amines) is 1. The number of carbonyl (C=O) groups is 1. The predicted molar refractivity (Wildman–Crippen MR) is 132 cm³/mol. The number of piperidine rings is 1. The van der Waals surface area contributed by atoms with Crippen LogP contribution in [0.25, 0.3) is 11.5 Å². The fourth-order valence-electron chi connectivity index (χ4n) is 4.85. The molecule has 1 N–H and O–H groups in total. The second kappa shape index (κ2) is 11.6. The van der Waals surface area contributed by atoms with E-state index in [1.165, 1.54) is 31.3 Å². The van der Waals surface area contributed by atoms with Gasteiger partial charge >= 0.3 is 0 Å². The number of nitrogens with one attached hydrogen (secondary N) is 1. The van der Waals surface area contributed by atoms with Crippen molar-refractivity contribution in [2.45, 2.75) is 58.4 Å². The maximum Gasteiger partial charge on any atom is 0.226 e. The second-order valence-electron chi connectivity index (χ2n) is 9.29. The Labute approximate surface area is 202 Å². The third-order valence-electron chi connectivity index (χ3n) is 6.99. The number of aryl methyl sites for hydroxylation is 1. The Bertz CT molecular complexity index is 1010. The Kier molecular flexibility index (Phi) is 8.27. The van der Waals surface area contributed by atoms with Gasteiger partial charge in [0.25, 0.3) is 0 Å². The van der Waals surface area contributed by atoms with Crippen LogP contribution in [0.15, 0.2) is 34.3 Å². The lowest BCUT2D eigenvalue weighted by Gasteiger charge is -2.30. The van der Waals surface area contributed by atoms with Crippen molar-refractivity contribution in [3.8, 4) is 23.0 Å². The van der Waals surface area contributed by atoms with Gasteiger partial charge in [-0.05, 0) is 83.2 Å². The standard InChI is InChI=1S/C27H37N3O4/c1-19-23(29-27(34-19)22-9-10-24(32-2)25(17-22)33-3)18-30-15-12-21(13-16-30)26(31)28-14-11-20-7-5-4-6-8-20/h7,9-10,17,21H,4-6,8,11-16,18H2,1-3H3,(H,28,31). The van der Waals surface area contributed by atoms with Gasteiger partial charge < -0.3 is 19.2 Å². The fraction of sp³-hybridized carbons (Fsp3) is 0.556. The Morgan fingerprint density at radius 2 is 1.97 bits per heavy atom. The van der Waals surface area contributed by atoms with Crippen LogP contribution in [0.1, 0.15) is 56.4 Å². The summed E-state index contributed by atoms with van der Waals surface area (Å²) < 4.78 is 16.7. The summed E-state index contributed by atoms with van der Waals surface area (Å²) >= 11 is 0. The summed E-state index contributed by atoms with van der Waals surface area (Å²) in [5, 5.41) is 3.17. The zero-order valence-electron chi connectivity index (χ0n) is 20.7. The summed E-state index contributed by atoms with van der Waals surface area (Å²) in [5.74, 6) is 3.04. The first-order chi connectivity index (χ1) is 16.6. The average molecular weight is 468 g/mol. The Hall–Kier alpha value is -2.80. The van der Waals surface area contributed by atoms with Crippen LogP contribution in [0.5, 0.6) is 11.5 Å². The second-order valence-corrected chi connectivity index (χ2v) is 9.29. The van der Waals surface area contributed by atoms with Crippen LogP contribution in [0.4, 0.5) is 0 Å². The van der Waals surface area contributed by atoms with Crippen molar-refractivity contribution in [1.29, 1.82) is 0 Å². The summed E-state index contributed by atoms with van der Waals surface area (Å²) in [6.45, 7) is 5.23. The van der Waals surface area contributed by atoms with Crippen LogP contribution >= 0.6 is 0 Å². The molecule has 1 aromatic carbocycles. The quantitative estimate of drug-likeness (QED) is 0.530. The number of benzene rings is 1. The predicted octanol–water partition coefficient (Wildman–Crippen LogP) is 4.89. The molecule has 7 nitrogen and oxygen atoms in total. The molecule has 7 heteroatoms. The number of aromatic nitrogens is 1. The minimum atomic E-state index is 0.109. The van der Waals surface area contributed by atoms with Gasteiger partial charge in [-0.1, -0.05) is 11.6 Å². The van der Waals surface area contributed by atoms with Gasteiger partial charge in [0, 0.05) is 24.6 Å². The SMILES string of the molecule is COc1ccc(-c2nc(CN3CCC(C(=O)NCCC4=CCCCC4)CC3)c(C)o2)cc1OC. The average Bonchev–Trinajstić information content (AvgIpc) is 3.24. The molecule has 0 radical (unpaired) electrons. The third kappa shape index (κ3) is 6.00. The molecule has 0 saturated carbocycles. The van der Waals surface area contributed by atoms with Gasteiger partial charge in [0.05, 0.1) is 19.9 Å². The first-order valence-electron chi connectivity index (χ1n) is 12.4. The van der Waals surface area contributed by atoms with Crippen molar-refractivity contribution in [2.24, 2.45) is 5.92 Å². The van der Waals surface area contributed by atoms with Crippen molar-refractivity contribution in [3.05, 3.63) is 41.3 Å². The molecule has 34 heavy (non-hydrogen) atoms. The number of allylic oxidation sites excluding steroid dienone is 1. The van der Waals surface area contributed by atoms with E-state index in [9.17, 15) is 4.79 Å². The van der Waals surface area contributed by atoms with Gasteiger partial charge in [-0.15, -0.1) is 0 Å². The van der Waals surface area contributed by atoms with Crippen LogP contribution in [0.2, 0.25) is 0 Å². The molecule has 2 heterocycles. The van der Waals surface area contributed by atoms with Crippen LogP contribution in [0.3, 0.4) is 0 Å².